The van der Waals surface area contributed by atoms with Crippen molar-refractivity contribution >= 4 is 11.9 Å². The third kappa shape index (κ3) is 6.42. The van der Waals surface area contributed by atoms with Gasteiger partial charge in [-0.2, -0.15) is 0 Å². The highest BCUT2D eigenvalue weighted by molar-refractivity contribution is 5.83. The fourth-order valence-corrected chi connectivity index (χ4v) is 0.756. The van der Waals surface area contributed by atoms with Crippen LogP contribution in [0.5, 0.6) is 0 Å². The Morgan fingerprint density at radius 3 is 2.64 bits per heavy atom. The van der Waals surface area contributed by atoms with Gasteiger partial charge in [-0.15, -0.1) is 0 Å². The predicted octanol–water partition coefficient (Wildman–Crippen LogP) is 0.392. The molecule has 0 aromatic rings. The van der Waals surface area contributed by atoms with E-state index in [9.17, 15) is 9.59 Å². The van der Waals surface area contributed by atoms with E-state index in [4.69, 9.17) is 9.84 Å². The van der Waals surface area contributed by atoms with E-state index >= 15 is 0 Å². The van der Waals surface area contributed by atoms with E-state index in [0.29, 0.717) is 6.61 Å². The van der Waals surface area contributed by atoms with Gasteiger partial charge in [-0.25, -0.2) is 0 Å². The van der Waals surface area contributed by atoms with Crippen molar-refractivity contribution in [1.29, 1.82) is 0 Å². The number of amides is 1. The van der Waals surface area contributed by atoms with E-state index in [1.807, 2.05) is 6.92 Å². The molecule has 0 aliphatic carbocycles. The molecule has 1 amide bonds. The second-order valence-corrected chi connectivity index (χ2v) is 3.03. The van der Waals surface area contributed by atoms with Crippen LogP contribution < -0.4 is 5.32 Å². The molecule has 0 aromatic carbocycles. The second kappa shape index (κ2) is 7.32. The van der Waals surface area contributed by atoms with Crippen LogP contribution in [0.3, 0.4) is 0 Å². The Bertz CT molecular complexity index is 193. The molecule has 2 N–H and O–H groups in total. The van der Waals surface area contributed by atoms with Gasteiger partial charge in [-0.1, -0.05) is 13.3 Å². The number of carboxylic acids is 1. The van der Waals surface area contributed by atoms with Crippen molar-refractivity contribution in [2.45, 2.75) is 32.7 Å². The molecule has 0 radical (unpaired) electrons. The fraction of sp³-hybridized carbons (Fsp3) is 0.778. The first-order chi connectivity index (χ1) is 6.57. The van der Waals surface area contributed by atoms with Crippen molar-refractivity contribution in [1.82, 2.24) is 5.32 Å². The van der Waals surface area contributed by atoms with Crippen molar-refractivity contribution in [3.63, 3.8) is 0 Å². The Morgan fingerprint density at radius 1 is 1.50 bits per heavy atom. The maximum Gasteiger partial charge on any atom is 0.325 e. The van der Waals surface area contributed by atoms with Crippen LogP contribution in [0.1, 0.15) is 26.7 Å². The van der Waals surface area contributed by atoms with Crippen LogP contribution in [-0.2, 0) is 14.3 Å². The van der Waals surface area contributed by atoms with E-state index < -0.39 is 17.9 Å². The maximum atomic E-state index is 11.0. The Hall–Kier alpha value is -1.10. The fourth-order valence-electron chi connectivity index (χ4n) is 0.756. The molecular formula is C9H17NO4. The standard InChI is InChI=1S/C9H17NO4/c1-3-4-5-14-6-8(11)10-7(2)9(12)13/h7H,3-6H2,1-2H3,(H,10,11)(H,12,13). The zero-order chi connectivity index (χ0) is 11.0. The highest BCUT2D eigenvalue weighted by Crippen LogP contribution is 1.88. The first kappa shape index (κ1) is 12.9. The molecule has 14 heavy (non-hydrogen) atoms. The number of carbonyl (C=O) groups excluding carboxylic acids is 1. The first-order valence-electron chi connectivity index (χ1n) is 4.67. The Kier molecular flexibility index (Phi) is 6.74. The summed E-state index contributed by atoms with van der Waals surface area (Å²) in [6.45, 7) is 3.89. The molecule has 5 heteroatoms. The van der Waals surface area contributed by atoms with Crippen molar-refractivity contribution < 1.29 is 19.4 Å². The zero-order valence-corrected chi connectivity index (χ0v) is 8.58. The number of unbranched alkanes of at least 4 members (excludes halogenated alkanes) is 1. The number of carbonyl (C=O) groups is 2. The van der Waals surface area contributed by atoms with Crippen molar-refractivity contribution in [2.75, 3.05) is 13.2 Å². The van der Waals surface area contributed by atoms with Crippen LogP contribution in [0.15, 0.2) is 0 Å². The molecule has 5 nitrogen and oxygen atoms in total. The first-order valence-corrected chi connectivity index (χ1v) is 4.67. The Balaban J connectivity index is 3.50. The summed E-state index contributed by atoms with van der Waals surface area (Å²) in [4.78, 5) is 21.4. The van der Waals surface area contributed by atoms with Gasteiger partial charge in [0.05, 0.1) is 0 Å². The van der Waals surface area contributed by atoms with Gasteiger partial charge in [-0.3, -0.25) is 9.59 Å². The van der Waals surface area contributed by atoms with Gasteiger partial charge in [0.1, 0.15) is 12.6 Å². The highest BCUT2D eigenvalue weighted by atomic mass is 16.5. The molecule has 0 fully saturated rings. The third-order valence-corrected chi connectivity index (χ3v) is 1.62. The third-order valence-electron chi connectivity index (χ3n) is 1.62. The van der Waals surface area contributed by atoms with Gasteiger partial charge in [0.15, 0.2) is 0 Å². The molecule has 0 heterocycles. The number of aliphatic carboxylic acids is 1. The van der Waals surface area contributed by atoms with E-state index in [-0.39, 0.29) is 6.61 Å². The van der Waals surface area contributed by atoms with Crippen LogP contribution in [0.25, 0.3) is 0 Å². The van der Waals surface area contributed by atoms with Crippen LogP contribution in [0.2, 0.25) is 0 Å². The lowest BCUT2D eigenvalue weighted by Crippen LogP contribution is -2.40. The van der Waals surface area contributed by atoms with Gasteiger partial charge >= 0.3 is 5.97 Å². The van der Waals surface area contributed by atoms with Gasteiger partial charge in [0.2, 0.25) is 5.91 Å². The minimum Gasteiger partial charge on any atom is -0.480 e. The molecular weight excluding hydrogens is 186 g/mol. The van der Waals surface area contributed by atoms with E-state index in [0.717, 1.165) is 12.8 Å². The molecule has 1 unspecified atom stereocenters. The molecule has 0 aromatic heterocycles. The van der Waals surface area contributed by atoms with Crippen molar-refractivity contribution in [3.8, 4) is 0 Å². The van der Waals surface area contributed by atoms with E-state index in [1.165, 1.54) is 6.92 Å². The highest BCUT2D eigenvalue weighted by Gasteiger charge is 2.13. The molecule has 82 valence electrons. The van der Waals surface area contributed by atoms with Crippen LogP contribution in [0.4, 0.5) is 0 Å². The van der Waals surface area contributed by atoms with Crippen LogP contribution in [0, 0.1) is 0 Å². The number of hydrogen-bond acceptors (Lipinski definition) is 3. The lowest BCUT2D eigenvalue weighted by atomic mass is 10.3. The molecule has 0 spiro atoms. The second-order valence-electron chi connectivity index (χ2n) is 3.03. The summed E-state index contributed by atoms with van der Waals surface area (Å²) in [6.07, 6.45) is 1.91. The topological polar surface area (TPSA) is 75.6 Å². The molecule has 0 bridgehead atoms. The molecule has 0 aliphatic rings. The predicted molar refractivity (Wildman–Crippen MR) is 51.0 cm³/mol. The van der Waals surface area contributed by atoms with Gasteiger partial charge in [0.25, 0.3) is 0 Å². The van der Waals surface area contributed by atoms with Gasteiger partial charge in [-0.05, 0) is 13.3 Å². The minimum atomic E-state index is -1.05. The van der Waals surface area contributed by atoms with Gasteiger partial charge < -0.3 is 15.2 Å². The Labute approximate surface area is 83.4 Å². The monoisotopic (exact) mass is 203 g/mol. The quantitative estimate of drug-likeness (QED) is 0.587. The molecule has 0 saturated carbocycles. The van der Waals surface area contributed by atoms with Crippen molar-refractivity contribution in [3.05, 3.63) is 0 Å². The van der Waals surface area contributed by atoms with Gasteiger partial charge in [0, 0.05) is 6.61 Å². The van der Waals surface area contributed by atoms with E-state index in [2.05, 4.69) is 5.32 Å². The lowest BCUT2D eigenvalue weighted by molar-refractivity contribution is -0.142. The number of hydrogen-bond donors (Lipinski definition) is 2. The SMILES string of the molecule is CCCCOCC(=O)NC(C)C(=O)O. The minimum absolute atomic E-state index is 0.0718. The summed E-state index contributed by atoms with van der Waals surface area (Å²) < 4.78 is 5.01. The summed E-state index contributed by atoms with van der Waals surface area (Å²) in [5.41, 5.74) is 0. The number of nitrogens with one attached hydrogen (secondary N) is 1. The molecule has 0 saturated heterocycles. The summed E-state index contributed by atoms with van der Waals surface area (Å²) >= 11 is 0. The normalized spacial score (nSPS) is 12.1. The number of rotatable bonds is 7. The smallest absolute Gasteiger partial charge is 0.325 e. The average molecular weight is 203 g/mol. The lowest BCUT2D eigenvalue weighted by Gasteiger charge is -2.09. The van der Waals surface area contributed by atoms with Crippen molar-refractivity contribution in [2.24, 2.45) is 0 Å². The molecule has 0 rings (SSSR count). The summed E-state index contributed by atoms with van der Waals surface area (Å²) in [6, 6.07) is -0.864. The zero-order valence-electron chi connectivity index (χ0n) is 8.58. The summed E-state index contributed by atoms with van der Waals surface area (Å²) in [7, 11) is 0. The summed E-state index contributed by atoms with van der Waals surface area (Å²) in [5, 5.41) is 10.8. The number of carboxylic acid groups (broad SMARTS) is 1. The molecule has 0 aliphatic heterocycles. The van der Waals surface area contributed by atoms with Crippen LogP contribution >= 0.6 is 0 Å². The number of ether oxygens (including phenoxy) is 1. The van der Waals surface area contributed by atoms with E-state index in [1.54, 1.807) is 0 Å². The summed E-state index contributed by atoms with van der Waals surface area (Å²) in [5.74, 6) is -1.44. The molecule has 1 atom stereocenters. The average Bonchev–Trinajstić information content (AvgIpc) is 2.12. The Morgan fingerprint density at radius 2 is 2.14 bits per heavy atom. The maximum absolute atomic E-state index is 11.0. The van der Waals surface area contributed by atoms with Crippen LogP contribution in [-0.4, -0.2) is 36.2 Å². The largest absolute Gasteiger partial charge is 0.480 e.